The van der Waals surface area contributed by atoms with Crippen molar-refractivity contribution in [3.05, 3.63) is 40.9 Å². The number of para-hydroxylation sites is 1. The molecule has 0 radical (unpaired) electrons. The zero-order chi connectivity index (χ0) is 18.9. The average Bonchev–Trinajstić information content (AvgIpc) is 3.09. The van der Waals surface area contributed by atoms with Crippen LogP contribution in [0.15, 0.2) is 35.4 Å². The van der Waals surface area contributed by atoms with Gasteiger partial charge in [0.05, 0.1) is 23.3 Å². The third-order valence-electron chi connectivity index (χ3n) is 6.37. The normalized spacial score (nSPS) is 25.4. The van der Waals surface area contributed by atoms with Crippen molar-refractivity contribution in [3.8, 4) is 0 Å². The van der Waals surface area contributed by atoms with Crippen molar-refractivity contribution in [1.82, 2.24) is 14.5 Å². The predicted molar refractivity (Wildman–Crippen MR) is 104 cm³/mol. The Balaban J connectivity index is 1.44. The quantitative estimate of drug-likeness (QED) is 0.831. The average molecular weight is 369 g/mol. The van der Waals surface area contributed by atoms with E-state index in [4.69, 9.17) is 4.74 Å². The van der Waals surface area contributed by atoms with Gasteiger partial charge in [-0.25, -0.2) is 4.98 Å². The summed E-state index contributed by atoms with van der Waals surface area (Å²) in [6.45, 7) is 1.96. The molecule has 1 amide bonds. The molecule has 0 bridgehead atoms. The number of carbonyl (C=O) groups is 1. The Hall–Kier alpha value is -2.21. The topological polar surface area (TPSA) is 64.4 Å². The van der Waals surface area contributed by atoms with Crippen LogP contribution in [0.25, 0.3) is 10.9 Å². The largest absolute Gasteiger partial charge is 0.381 e. The standard InChI is InChI=1S/C21H27N3O3/c1-27-18-8-4-10-21(18)11-5-12-23(14-21)19(25)9-13-24-15-22-17-7-3-2-6-16(17)20(24)26/h2-3,6-7,15,18H,4-5,8-14H2,1H3/t18-,21+/m1/s1. The van der Waals surface area contributed by atoms with E-state index in [1.165, 1.54) is 6.42 Å². The van der Waals surface area contributed by atoms with Gasteiger partial charge in [-0.15, -0.1) is 0 Å². The first-order valence-corrected chi connectivity index (χ1v) is 9.88. The third-order valence-corrected chi connectivity index (χ3v) is 6.37. The Morgan fingerprint density at radius 1 is 1.30 bits per heavy atom. The molecule has 1 saturated heterocycles. The summed E-state index contributed by atoms with van der Waals surface area (Å²) in [6.07, 6.45) is 7.73. The van der Waals surface area contributed by atoms with Crippen molar-refractivity contribution < 1.29 is 9.53 Å². The van der Waals surface area contributed by atoms with Gasteiger partial charge in [-0.1, -0.05) is 18.6 Å². The van der Waals surface area contributed by atoms with E-state index in [0.29, 0.717) is 23.9 Å². The Labute approximate surface area is 159 Å². The van der Waals surface area contributed by atoms with Crippen molar-refractivity contribution in [2.45, 2.75) is 51.2 Å². The lowest BCUT2D eigenvalue weighted by atomic mass is 9.76. The summed E-state index contributed by atoms with van der Waals surface area (Å²) in [5.41, 5.74) is 0.734. The molecule has 1 aromatic carbocycles. The van der Waals surface area contributed by atoms with Crippen LogP contribution in [0.3, 0.4) is 0 Å². The molecule has 6 heteroatoms. The van der Waals surface area contributed by atoms with Crippen LogP contribution >= 0.6 is 0 Å². The van der Waals surface area contributed by atoms with E-state index in [0.717, 1.165) is 38.8 Å². The predicted octanol–water partition coefficient (Wildman–Crippen LogP) is 2.59. The number of aryl methyl sites for hydroxylation is 1. The first-order valence-electron chi connectivity index (χ1n) is 9.88. The smallest absolute Gasteiger partial charge is 0.261 e. The van der Waals surface area contributed by atoms with Crippen LogP contribution in [0.1, 0.15) is 38.5 Å². The van der Waals surface area contributed by atoms with Gasteiger partial charge in [-0.05, 0) is 37.8 Å². The molecule has 2 fully saturated rings. The highest BCUT2D eigenvalue weighted by atomic mass is 16.5. The number of piperidine rings is 1. The van der Waals surface area contributed by atoms with Crippen LogP contribution in [0, 0.1) is 5.41 Å². The molecule has 6 nitrogen and oxygen atoms in total. The van der Waals surface area contributed by atoms with Gasteiger partial charge in [-0.3, -0.25) is 14.2 Å². The Morgan fingerprint density at radius 3 is 2.96 bits per heavy atom. The Morgan fingerprint density at radius 2 is 2.11 bits per heavy atom. The van der Waals surface area contributed by atoms with Gasteiger partial charge in [0.25, 0.3) is 5.56 Å². The molecule has 1 aliphatic carbocycles. The van der Waals surface area contributed by atoms with E-state index in [1.54, 1.807) is 24.1 Å². The fraction of sp³-hybridized carbons (Fsp3) is 0.571. The summed E-state index contributed by atoms with van der Waals surface area (Å²) in [4.78, 5) is 31.7. The van der Waals surface area contributed by atoms with Gasteiger partial charge in [0.2, 0.25) is 5.91 Å². The molecule has 0 N–H and O–H groups in total. The van der Waals surface area contributed by atoms with E-state index in [1.807, 2.05) is 23.1 Å². The maximum Gasteiger partial charge on any atom is 0.261 e. The zero-order valence-corrected chi connectivity index (χ0v) is 15.9. The van der Waals surface area contributed by atoms with Gasteiger partial charge in [0.15, 0.2) is 0 Å². The van der Waals surface area contributed by atoms with Crippen molar-refractivity contribution in [2.75, 3.05) is 20.2 Å². The Bertz CT molecular complexity index is 894. The highest BCUT2D eigenvalue weighted by molar-refractivity contribution is 5.77. The lowest BCUT2D eigenvalue weighted by Gasteiger charge is -2.43. The summed E-state index contributed by atoms with van der Waals surface area (Å²) in [7, 11) is 1.79. The molecular weight excluding hydrogens is 342 g/mol. The van der Waals surface area contributed by atoms with Gasteiger partial charge in [0, 0.05) is 38.6 Å². The molecule has 1 spiro atoms. The highest BCUT2D eigenvalue weighted by Crippen LogP contribution is 2.46. The van der Waals surface area contributed by atoms with Crippen molar-refractivity contribution in [2.24, 2.45) is 5.41 Å². The van der Waals surface area contributed by atoms with Crippen LogP contribution in [0.4, 0.5) is 0 Å². The second-order valence-corrected chi connectivity index (χ2v) is 7.91. The first kappa shape index (κ1) is 18.2. The van der Waals surface area contributed by atoms with Crippen LogP contribution in [-0.4, -0.2) is 46.7 Å². The highest BCUT2D eigenvalue weighted by Gasteiger charge is 2.46. The number of hydrogen-bond donors (Lipinski definition) is 0. The number of hydrogen-bond acceptors (Lipinski definition) is 4. The second-order valence-electron chi connectivity index (χ2n) is 7.91. The summed E-state index contributed by atoms with van der Waals surface area (Å²) >= 11 is 0. The van der Waals surface area contributed by atoms with E-state index in [-0.39, 0.29) is 23.0 Å². The summed E-state index contributed by atoms with van der Waals surface area (Å²) in [6, 6.07) is 7.31. The number of amides is 1. The third kappa shape index (κ3) is 3.38. The zero-order valence-electron chi connectivity index (χ0n) is 15.9. The van der Waals surface area contributed by atoms with E-state index < -0.39 is 0 Å². The maximum absolute atomic E-state index is 12.8. The Kier molecular flexibility index (Phi) is 5.00. The molecule has 1 aliphatic heterocycles. The SMILES string of the molecule is CO[C@@H]1CCC[C@@]12CCCN(C(=O)CCn1cnc3ccccc3c1=O)C2. The number of aromatic nitrogens is 2. The number of likely N-dealkylation sites (tertiary alicyclic amines) is 1. The number of benzene rings is 1. The molecule has 0 unspecified atom stereocenters. The number of methoxy groups -OCH3 is 1. The molecule has 4 rings (SSSR count). The summed E-state index contributed by atoms with van der Waals surface area (Å²) in [5, 5.41) is 0.596. The number of rotatable bonds is 4. The molecule has 2 heterocycles. The number of ether oxygens (including phenoxy) is 1. The van der Waals surface area contributed by atoms with Gasteiger partial charge in [-0.2, -0.15) is 0 Å². The van der Waals surface area contributed by atoms with Crippen LogP contribution in [0.2, 0.25) is 0 Å². The minimum atomic E-state index is -0.0845. The fourth-order valence-corrected chi connectivity index (χ4v) is 4.95. The van der Waals surface area contributed by atoms with Crippen molar-refractivity contribution >= 4 is 16.8 Å². The van der Waals surface area contributed by atoms with E-state index in [9.17, 15) is 9.59 Å². The minimum absolute atomic E-state index is 0.0845. The fourth-order valence-electron chi connectivity index (χ4n) is 4.95. The molecular formula is C21H27N3O3. The van der Waals surface area contributed by atoms with E-state index >= 15 is 0 Å². The lowest BCUT2D eigenvalue weighted by molar-refractivity contribution is -0.137. The molecule has 1 aromatic heterocycles. The van der Waals surface area contributed by atoms with Crippen LogP contribution in [-0.2, 0) is 16.1 Å². The minimum Gasteiger partial charge on any atom is -0.381 e. The second kappa shape index (κ2) is 7.43. The summed E-state index contributed by atoms with van der Waals surface area (Å²) < 4.78 is 7.28. The molecule has 2 aromatic rings. The molecule has 27 heavy (non-hydrogen) atoms. The molecule has 2 aliphatic rings. The molecule has 2 atom stereocenters. The van der Waals surface area contributed by atoms with Crippen molar-refractivity contribution in [3.63, 3.8) is 0 Å². The molecule has 1 saturated carbocycles. The van der Waals surface area contributed by atoms with E-state index in [2.05, 4.69) is 4.98 Å². The van der Waals surface area contributed by atoms with Crippen LogP contribution in [0.5, 0.6) is 0 Å². The van der Waals surface area contributed by atoms with Gasteiger partial charge in [0.1, 0.15) is 0 Å². The maximum atomic E-state index is 12.8. The van der Waals surface area contributed by atoms with Gasteiger partial charge >= 0.3 is 0 Å². The van der Waals surface area contributed by atoms with Crippen LogP contribution < -0.4 is 5.56 Å². The van der Waals surface area contributed by atoms with Gasteiger partial charge < -0.3 is 9.64 Å². The number of nitrogens with zero attached hydrogens (tertiary/aromatic N) is 3. The monoisotopic (exact) mass is 369 g/mol. The first-order chi connectivity index (χ1) is 13.1. The molecule has 144 valence electrons. The van der Waals surface area contributed by atoms with Crippen molar-refractivity contribution in [1.29, 1.82) is 0 Å². The summed E-state index contributed by atoms with van der Waals surface area (Å²) in [5.74, 6) is 0.121. The number of carbonyl (C=O) groups excluding carboxylic acids is 1. The lowest BCUT2D eigenvalue weighted by Crippen LogP contribution is -2.50. The number of fused-ring (bicyclic) bond motifs is 1.